The van der Waals surface area contributed by atoms with Crippen LogP contribution >= 0.6 is 0 Å². The summed E-state index contributed by atoms with van der Waals surface area (Å²) in [6, 6.07) is 8.08. The van der Waals surface area contributed by atoms with Crippen LogP contribution in [-0.4, -0.2) is 29.5 Å². The first-order valence-corrected chi connectivity index (χ1v) is 5.33. The Kier molecular flexibility index (Phi) is 5.32. The highest BCUT2D eigenvalue weighted by Crippen LogP contribution is 2.05. The van der Waals surface area contributed by atoms with E-state index >= 15 is 0 Å². The van der Waals surface area contributed by atoms with Crippen molar-refractivity contribution in [2.45, 2.75) is 25.9 Å². The first-order valence-electron chi connectivity index (χ1n) is 5.33. The van der Waals surface area contributed by atoms with Crippen molar-refractivity contribution in [1.82, 2.24) is 5.32 Å². The SMILES string of the molecule is CCc1cccc(CNC(CO)CO)c1. The molecule has 1 rings (SSSR count). The molecular weight excluding hydrogens is 190 g/mol. The molecule has 0 radical (unpaired) electrons. The molecule has 0 aliphatic carbocycles. The maximum absolute atomic E-state index is 8.88. The summed E-state index contributed by atoms with van der Waals surface area (Å²) >= 11 is 0. The fraction of sp³-hybridized carbons (Fsp3) is 0.500. The van der Waals surface area contributed by atoms with Crippen molar-refractivity contribution < 1.29 is 10.2 Å². The first-order chi connectivity index (χ1) is 7.30. The molecule has 3 nitrogen and oxygen atoms in total. The van der Waals surface area contributed by atoms with Gasteiger partial charge in [-0.05, 0) is 17.5 Å². The second-order valence-electron chi connectivity index (χ2n) is 3.62. The van der Waals surface area contributed by atoms with Crippen LogP contribution in [0.5, 0.6) is 0 Å². The molecular formula is C12H19NO2. The van der Waals surface area contributed by atoms with Gasteiger partial charge in [0.15, 0.2) is 0 Å². The molecule has 0 atom stereocenters. The van der Waals surface area contributed by atoms with E-state index in [1.807, 2.05) is 12.1 Å². The summed E-state index contributed by atoms with van der Waals surface area (Å²) in [4.78, 5) is 0. The van der Waals surface area contributed by atoms with Gasteiger partial charge in [0.1, 0.15) is 0 Å². The van der Waals surface area contributed by atoms with Crippen LogP contribution in [-0.2, 0) is 13.0 Å². The van der Waals surface area contributed by atoms with E-state index in [-0.39, 0.29) is 19.3 Å². The molecule has 0 aliphatic heterocycles. The fourth-order valence-corrected chi connectivity index (χ4v) is 1.41. The van der Waals surface area contributed by atoms with Crippen LogP contribution in [0.15, 0.2) is 24.3 Å². The van der Waals surface area contributed by atoms with Crippen LogP contribution in [0.1, 0.15) is 18.1 Å². The summed E-state index contributed by atoms with van der Waals surface area (Å²) in [5.41, 5.74) is 2.49. The van der Waals surface area contributed by atoms with E-state index in [4.69, 9.17) is 10.2 Å². The number of aryl methyl sites for hydroxylation is 1. The highest BCUT2D eigenvalue weighted by atomic mass is 16.3. The Morgan fingerprint density at radius 2 is 1.87 bits per heavy atom. The average Bonchev–Trinajstić information content (AvgIpc) is 2.31. The monoisotopic (exact) mass is 209 g/mol. The molecule has 0 spiro atoms. The maximum atomic E-state index is 8.88. The van der Waals surface area contributed by atoms with E-state index < -0.39 is 0 Å². The molecule has 0 aromatic heterocycles. The van der Waals surface area contributed by atoms with Crippen LogP contribution in [0, 0.1) is 0 Å². The lowest BCUT2D eigenvalue weighted by Gasteiger charge is -2.13. The predicted octanol–water partition coefficient (Wildman–Crippen LogP) is 0.692. The summed E-state index contributed by atoms with van der Waals surface area (Å²) in [6.45, 7) is 2.73. The van der Waals surface area contributed by atoms with Gasteiger partial charge in [0.05, 0.1) is 19.3 Å². The largest absolute Gasteiger partial charge is 0.395 e. The topological polar surface area (TPSA) is 52.5 Å². The predicted molar refractivity (Wildman–Crippen MR) is 60.6 cm³/mol. The van der Waals surface area contributed by atoms with E-state index in [0.29, 0.717) is 6.54 Å². The van der Waals surface area contributed by atoms with E-state index in [1.165, 1.54) is 11.1 Å². The number of hydrogen-bond donors (Lipinski definition) is 3. The number of rotatable bonds is 6. The van der Waals surface area contributed by atoms with Crippen molar-refractivity contribution in [3.05, 3.63) is 35.4 Å². The molecule has 0 saturated carbocycles. The summed E-state index contributed by atoms with van der Waals surface area (Å²) in [7, 11) is 0. The maximum Gasteiger partial charge on any atom is 0.0607 e. The summed E-state index contributed by atoms with van der Waals surface area (Å²) in [5, 5.41) is 20.9. The van der Waals surface area contributed by atoms with Gasteiger partial charge in [0.2, 0.25) is 0 Å². The van der Waals surface area contributed by atoms with Gasteiger partial charge in [-0.2, -0.15) is 0 Å². The Labute approximate surface area is 90.8 Å². The average molecular weight is 209 g/mol. The molecule has 3 heteroatoms. The first kappa shape index (κ1) is 12.2. The highest BCUT2D eigenvalue weighted by Gasteiger charge is 2.04. The zero-order valence-electron chi connectivity index (χ0n) is 9.11. The van der Waals surface area contributed by atoms with Gasteiger partial charge in [-0.25, -0.2) is 0 Å². The lowest BCUT2D eigenvalue weighted by atomic mass is 10.1. The number of aliphatic hydroxyl groups is 2. The smallest absolute Gasteiger partial charge is 0.0607 e. The second-order valence-corrected chi connectivity index (χ2v) is 3.62. The normalized spacial score (nSPS) is 10.9. The van der Waals surface area contributed by atoms with Crippen molar-refractivity contribution in [3.63, 3.8) is 0 Å². The second kappa shape index (κ2) is 6.56. The molecule has 3 N–H and O–H groups in total. The molecule has 84 valence electrons. The zero-order valence-corrected chi connectivity index (χ0v) is 9.11. The van der Waals surface area contributed by atoms with Crippen LogP contribution in [0.25, 0.3) is 0 Å². The van der Waals surface area contributed by atoms with Crippen LogP contribution in [0.3, 0.4) is 0 Å². The van der Waals surface area contributed by atoms with Crippen LogP contribution in [0.4, 0.5) is 0 Å². The summed E-state index contributed by atoms with van der Waals surface area (Å²) in [6.07, 6.45) is 1.03. The number of nitrogens with one attached hydrogen (secondary N) is 1. The standard InChI is InChI=1S/C12H19NO2/c1-2-10-4-3-5-11(6-10)7-13-12(8-14)9-15/h3-6,12-15H,2,7-9H2,1H3. The number of benzene rings is 1. The van der Waals surface area contributed by atoms with Crippen molar-refractivity contribution in [2.75, 3.05) is 13.2 Å². The van der Waals surface area contributed by atoms with E-state index in [0.717, 1.165) is 6.42 Å². The molecule has 0 bridgehead atoms. The van der Waals surface area contributed by atoms with Gasteiger partial charge in [0, 0.05) is 6.54 Å². The minimum absolute atomic E-state index is 0.0377. The van der Waals surface area contributed by atoms with Gasteiger partial charge < -0.3 is 15.5 Å². The molecule has 0 unspecified atom stereocenters. The molecule has 15 heavy (non-hydrogen) atoms. The summed E-state index contributed by atoms with van der Waals surface area (Å²) < 4.78 is 0. The Morgan fingerprint density at radius 1 is 1.20 bits per heavy atom. The lowest BCUT2D eigenvalue weighted by molar-refractivity contribution is 0.170. The van der Waals surface area contributed by atoms with Crippen molar-refractivity contribution in [2.24, 2.45) is 0 Å². The molecule has 1 aromatic carbocycles. The number of aliphatic hydroxyl groups excluding tert-OH is 2. The highest BCUT2D eigenvalue weighted by molar-refractivity contribution is 5.23. The van der Waals surface area contributed by atoms with Gasteiger partial charge >= 0.3 is 0 Å². The Bertz CT molecular complexity index is 285. The van der Waals surface area contributed by atoms with Crippen molar-refractivity contribution >= 4 is 0 Å². The van der Waals surface area contributed by atoms with Gasteiger partial charge in [-0.15, -0.1) is 0 Å². The van der Waals surface area contributed by atoms with Gasteiger partial charge in [0.25, 0.3) is 0 Å². The molecule has 1 aromatic rings. The van der Waals surface area contributed by atoms with Crippen molar-refractivity contribution in [1.29, 1.82) is 0 Å². The Balaban J connectivity index is 2.49. The van der Waals surface area contributed by atoms with Crippen molar-refractivity contribution in [3.8, 4) is 0 Å². The van der Waals surface area contributed by atoms with Crippen LogP contribution < -0.4 is 5.32 Å². The van der Waals surface area contributed by atoms with E-state index in [2.05, 4.69) is 24.4 Å². The van der Waals surface area contributed by atoms with E-state index in [9.17, 15) is 0 Å². The quantitative estimate of drug-likeness (QED) is 0.646. The van der Waals surface area contributed by atoms with Gasteiger partial charge in [-0.3, -0.25) is 0 Å². The van der Waals surface area contributed by atoms with Gasteiger partial charge in [-0.1, -0.05) is 31.2 Å². The molecule has 0 saturated heterocycles. The van der Waals surface area contributed by atoms with E-state index in [1.54, 1.807) is 0 Å². The minimum atomic E-state index is -0.227. The third-order valence-corrected chi connectivity index (χ3v) is 2.44. The Hall–Kier alpha value is -0.900. The minimum Gasteiger partial charge on any atom is -0.395 e. The van der Waals surface area contributed by atoms with Crippen LogP contribution in [0.2, 0.25) is 0 Å². The Morgan fingerprint density at radius 3 is 2.47 bits per heavy atom. The summed E-state index contributed by atoms with van der Waals surface area (Å²) in [5.74, 6) is 0. The lowest BCUT2D eigenvalue weighted by Crippen LogP contribution is -2.35. The third kappa shape index (κ3) is 4.00. The molecule has 0 fully saturated rings. The number of hydrogen-bond acceptors (Lipinski definition) is 3. The molecule has 0 aliphatic rings. The zero-order chi connectivity index (χ0) is 11.1. The molecule has 0 amide bonds. The molecule has 0 heterocycles. The fourth-order valence-electron chi connectivity index (χ4n) is 1.41. The third-order valence-electron chi connectivity index (χ3n) is 2.44.